The maximum Gasteiger partial charge on any atom is 0.251 e. The Balaban J connectivity index is 2.07. The Labute approximate surface area is 110 Å². The van der Waals surface area contributed by atoms with Gasteiger partial charge in [0, 0.05) is 18.2 Å². The first kappa shape index (κ1) is 13.2. The van der Waals surface area contributed by atoms with Crippen molar-refractivity contribution in [1.82, 2.24) is 5.32 Å². The zero-order valence-electron chi connectivity index (χ0n) is 10.4. The van der Waals surface area contributed by atoms with Crippen LogP contribution in [0.15, 0.2) is 42.5 Å². The highest BCUT2D eigenvalue weighted by atomic mass is 19.1. The molecule has 0 bridgehead atoms. The molecule has 2 nitrogen and oxygen atoms in total. The molecule has 1 amide bonds. The molecule has 0 fully saturated rings. The molecule has 0 saturated carbocycles. The van der Waals surface area contributed by atoms with Crippen LogP contribution in [0.2, 0.25) is 0 Å². The van der Waals surface area contributed by atoms with Crippen LogP contribution in [0.4, 0.5) is 8.78 Å². The summed E-state index contributed by atoms with van der Waals surface area (Å²) < 4.78 is 26.0. The summed E-state index contributed by atoms with van der Waals surface area (Å²) in [6, 6.07) is 10.3. The molecule has 2 rings (SSSR count). The highest BCUT2D eigenvalue weighted by Gasteiger charge is 2.08. The predicted molar refractivity (Wildman–Crippen MR) is 68.7 cm³/mol. The van der Waals surface area contributed by atoms with Crippen LogP contribution in [-0.4, -0.2) is 5.91 Å². The summed E-state index contributed by atoms with van der Waals surface area (Å²) in [4.78, 5) is 11.9. The largest absolute Gasteiger partial charge is 0.348 e. The number of halogens is 2. The van der Waals surface area contributed by atoms with Crippen LogP contribution < -0.4 is 5.32 Å². The van der Waals surface area contributed by atoms with Gasteiger partial charge in [0.1, 0.15) is 11.6 Å². The summed E-state index contributed by atoms with van der Waals surface area (Å²) in [5.41, 5.74) is 1.80. The summed E-state index contributed by atoms with van der Waals surface area (Å²) in [5, 5.41) is 2.64. The van der Waals surface area contributed by atoms with E-state index < -0.39 is 11.6 Å². The Morgan fingerprint density at radius 1 is 1.11 bits per heavy atom. The minimum atomic E-state index is -0.653. The SMILES string of the molecule is Cc1ccccc1C(=O)NCc1cc(F)cc(F)c1. The van der Waals surface area contributed by atoms with Crippen molar-refractivity contribution in [3.05, 3.63) is 70.8 Å². The van der Waals surface area contributed by atoms with Crippen molar-refractivity contribution < 1.29 is 13.6 Å². The lowest BCUT2D eigenvalue weighted by Gasteiger charge is -2.08. The molecule has 0 aliphatic heterocycles. The van der Waals surface area contributed by atoms with E-state index in [0.29, 0.717) is 11.1 Å². The van der Waals surface area contributed by atoms with Gasteiger partial charge in [0.2, 0.25) is 0 Å². The van der Waals surface area contributed by atoms with E-state index in [0.717, 1.165) is 11.6 Å². The molecule has 0 aliphatic rings. The quantitative estimate of drug-likeness (QED) is 0.903. The zero-order valence-corrected chi connectivity index (χ0v) is 10.4. The Hall–Kier alpha value is -2.23. The molecular weight excluding hydrogens is 248 g/mol. The van der Waals surface area contributed by atoms with Crippen LogP contribution in [-0.2, 0) is 6.54 Å². The summed E-state index contributed by atoms with van der Waals surface area (Å²) in [6.45, 7) is 1.92. The molecule has 0 atom stereocenters. The van der Waals surface area contributed by atoms with E-state index in [1.807, 2.05) is 19.1 Å². The standard InChI is InChI=1S/C15H13F2NO/c1-10-4-2-3-5-14(10)15(19)18-9-11-6-12(16)8-13(17)7-11/h2-8H,9H2,1H3,(H,18,19). The highest BCUT2D eigenvalue weighted by Crippen LogP contribution is 2.09. The number of carbonyl (C=O) groups excluding carboxylic acids is 1. The molecule has 4 heteroatoms. The van der Waals surface area contributed by atoms with Crippen LogP contribution >= 0.6 is 0 Å². The van der Waals surface area contributed by atoms with Crippen molar-refractivity contribution in [3.8, 4) is 0 Å². The van der Waals surface area contributed by atoms with E-state index in [1.165, 1.54) is 12.1 Å². The number of nitrogens with one attached hydrogen (secondary N) is 1. The van der Waals surface area contributed by atoms with Gasteiger partial charge < -0.3 is 5.32 Å². The lowest BCUT2D eigenvalue weighted by molar-refractivity contribution is 0.0950. The van der Waals surface area contributed by atoms with Crippen molar-refractivity contribution in [2.75, 3.05) is 0 Å². The summed E-state index contributed by atoms with van der Waals surface area (Å²) in [7, 11) is 0. The van der Waals surface area contributed by atoms with Gasteiger partial charge in [0.15, 0.2) is 0 Å². The van der Waals surface area contributed by atoms with E-state index in [-0.39, 0.29) is 12.5 Å². The van der Waals surface area contributed by atoms with Gasteiger partial charge in [-0.2, -0.15) is 0 Å². The summed E-state index contributed by atoms with van der Waals surface area (Å²) in [5.74, 6) is -1.57. The van der Waals surface area contributed by atoms with Crippen LogP contribution in [0.1, 0.15) is 21.5 Å². The van der Waals surface area contributed by atoms with Crippen LogP contribution in [0.25, 0.3) is 0 Å². The van der Waals surface area contributed by atoms with Gasteiger partial charge in [-0.25, -0.2) is 8.78 Å². The molecule has 1 N–H and O–H groups in total. The maximum atomic E-state index is 13.0. The molecule has 2 aromatic carbocycles. The molecule has 2 aromatic rings. The van der Waals surface area contributed by atoms with Gasteiger partial charge >= 0.3 is 0 Å². The fourth-order valence-corrected chi connectivity index (χ4v) is 1.82. The van der Waals surface area contributed by atoms with Crippen molar-refractivity contribution in [2.24, 2.45) is 0 Å². The first-order valence-electron chi connectivity index (χ1n) is 5.85. The number of rotatable bonds is 3. The average molecular weight is 261 g/mol. The minimum Gasteiger partial charge on any atom is -0.348 e. The Bertz CT molecular complexity index is 591. The number of benzene rings is 2. The Morgan fingerprint density at radius 3 is 2.37 bits per heavy atom. The molecule has 0 spiro atoms. The van der Waals surface area contributed by atoms with Gasteiger partial charge in [-0.05, 0) is 36.2 Å². The van der Waals surface area contributed by atoms with Gasteiger partial charge in [0.05, 0.1) is 0 Å². The lowest BCUT2D eigenvalue weighted by atomic mass is 10.1. The Morgan fingerprint density at radius 2 is 1.74 bits per heavy atom. The van der Waals surface area contributed by atoms with Crippen molar-refractivity contribution in [3.63, 3.8) is 0 Å². The molecule has 0 radical (unpaired) electrons. The second-order valence-electron chi connectivity index (χ2n) is 4.28. The maximum absolute atomic E-state index is 13.0. The van der Waals surface area contributed by atoms with Crippen LogP contribution in [0.5, 0.6) is 0 Å². The van der Waals surface area contributed by atoms with Crippen LogP contribution in [0, 0.1) is 18.6 Å². The molecule has 0 heterocycles. The third-order valence-electron chi connectivity index (χ3n) is 2.77. The zero-order chi connectivity index (χ0) is 13.8. The summed E-state index contributed by atoms with van der Waals surface area (Å²) >= 11 is 0. The lowest BCUT2D eigenvalue weighted by Crippen LogP contribution is -2.23. The number of amides is 1. The minimum absolute atomic E-state index is 0.0852. The molecule has 0 saturated heterocycles. The fourth-order valence-electron chi connectivity index (χ4n) is 1.82. The van der Waals surface area contributed by atoms with Gasteiger partial charge in [0.25, 0.3) is 5.91 Å². The average Bonchev–Trinajstić information content (AvgIpc) is 2.35. The van der Waals surface area contributed by atoms with Gasteiger partial charge in [-0.15, -0.1) is 0 Å². The molecule has 0 aromatic heterocycles. The first-order chi connectivity index (χ1) is 9.06. The van der Waals surface area contributed by atoms with Crippen LogP contribution in [0.3, 0.4) is 0 Å². The highest BCUT2D eigenvalue weighted by molar-refractivity contribution is 5.95. The molecular formula is C15H13F2NO. The fraction of sp³-hybridized carbons (Fsp3) is 0.133. The monoisotopic (exact) mass is 261 g/mol. The van der Waals surface area contributed by atoms with Crippen molar-refractivity contribution in [1.29, 1.82) is 0 Å². The topological polar surface area (TPSA) is 29.1 Å². The molecule has 98 valence electrons. The summed E-state index contributed by atoms with van der Waals surface area (Å²) in [6.07, 6.45) is 0. The third-order valence-corrected chi connectivity index (χ3v) is 2.77. The van der Waals surface area contributed by atoms with E-state index in [4.69, 9.17) is 0 Å². The molecule has 0 aliphatic carbocycles. The van der Waals surface area contributed by atoms with E-state index in [9.17, 15) is 13.6 Å². The Kier molecular flexibility index (Phi) is 3.90. The second kappa shape index (κ2) is 5.61. The number of aryl methyl sites for hydroxylation is 1. The molecule has 0 unspecified atom stereocenters. The first-order valence-corrected chi connectivity index (χ1v) is 5.85. The second-order valence-corrected chi connectivity index (χ2v) is 4.28. The number of hydrogen-bond acceptors (Lipinski definition) is 1. The van der Waals surface area contributed by atoms with E-state index in [2.05, 4.69) is 5.32 Å². The van der Waals surface area contributed by atoms with E-state index >= 15 is 0 Å². The predicted octanol–water partition coefficient (Wildman–Crippen LogP) is 3.20. The van der Waals surface area contributed by atoms with Crippen molar-refractivity contribution >= 4 is 5.91 Å². The number of hydrogen-bond donors (Lipinski definition) is 1. The van der Waals surface area contributed by atoms with Gasteiger partial charge in [-0.3, -0.25) is 4.79 Å². The third kappa shape index (κ3) is 3.37. The van der Waals surface area contributed by atoms with E-state index in [1.54, 1.807) is 12.1 Å². The number of carbonyl (C=O) groups is 1. The normalized spacial score (nSPS) is 10.3. The molecule has 19 heavy (non-hydrogen) atoms. The smallest absolute Gasteiger partial charge is 0.251 e. The van der Waals surface area contributed by atoms with Gasteiger partial charge in [-0.1, -0.05) is 18.2 Å². The van der Waals surface area contributed by atoms with Crippen molar-refractivity contribution in [2.45, 2.75) is 13.5 Å².